The summed E-state index contributed by atoms with van der Waals surface area (Å²) in [6, 6.07) is 1.65. The average molecular weight is 294 g/mol. The molecule has 118 valence electrons. The van der Waals surface area contributed by atoms with Gasteiger partial charge in [-0.05, 0) is 39.4 Å². The van der Waals surface area contributed by atoms with Crippen molar-refractivity contribution in [2.45, 2.75) is 32.4 Å². The maximum Gasteiger partial charge on any atom is 0.141 e. The van der Waals surface area contributed by atoms with E-state index >= 15 is 0 Å². The molecule has 0 amide bonds. The molecule has 5 heteroatoms. The number of pyridine rings is 1. The van der Waals surface area contributed by atoms with Gasteiger partial charge in [0.15, 0.2) is 0 Å². The molecule has 1 atom stereocenters. The van der Waals surface area contributed by atoms with Crippen molar-refractivity contribution >= 4 is 0 Å². The van der Waals surface area contributed by atoms with Gasteiger partial charge in [0, 0.05) is 50.5 Å². The Labute approximate surface area is 127 Å². The topological polar surface area (TPSA) is 31.4 Å². The summed E-state index contributed by atoms with van der Waals surface area (Å²) in [6.45, 7) is 11.9. The minimum absolute atomic E-state index is 0.0935. The molecule has 2 rings (SSSR count). The predicted octanol–water partition coefficient (Wildman–Crippen LogP) is 1.90. The predicted molar refractivity (Wildman–Crippen MR) is 83.8 cm³/mol. The zero-order valence-electron chi connectivity index (χ0n) is 13.6. The Hall–Kier alpha value is -1.04. The van der Waals surface area contributed by atoms with E-state index in [1.54, 1.807) is 12.3 Å². The van der Waals surface area contributed by atoms with Crippen LogP contribution in [0, 0.1) is 5.82 Å². The third-order valence-corrected chi connectivity index (χ3v) is 4.43. The summed E-state index contributed by atoms with van der Waals surface area (Å²) in [5, 5.41) is 3.51. The molecule has 2 heterocycles. The summed E-state index contributed by atoms with van der Waals surface area (Å²) in [6.07, 6.45) is 2.97. The first-order valence-electron chi connectivity index (χ1n) is 7.66. The average Bonchev–Trinajstić information content (AvgIpc) is 2.45. The Bertz CT molecular complexity index is 455. The summed E-state index contributed by atoms with van der Waals surface area (Å²) in [7, 11) is 2.17. The maximum absolute atomic E-state index is 13.2. The summed E-state index contributed by atoms with van der Waals surface area (Å²) >= 11 is 0. The molecule has 0 radical (unpaired) electrons. The molecule has 0 bridgehead atoms. The van der Waals surface area contributed by atoms with Crippen LogP contribution in [-0.2, 0) is 0 Å². The molecule has 1 aromatic heterocycles. The molecular formula is C16H27FN4. The Balaban J connectivity index is 1.89. The summed E-state index contributed by atoms with van der Waals surface area (Å²) in [5.41, 5.74) is 0.986. The standard InChI is InChI=1S/C16H27FN4/c1-13(14-9-15(17)11-18-10-14)19-12-16(2,3)21-7-5-20(4)6-8-21/h9-11,13,19H,5-8,12H2,1-4H3. The van der Waals surface area contributed by atoms with Gasteiger partial charge < -0.3 is 10.2 Å². The Morgan fingerprint density at radius 2 is 1.95 bits per heavy atom. The van der Waals surface area contributed by atoms with Gasteiger partial charge in [-0.3, -0.25) is 9.88 Å². The quantitative estimate of drug-likeness (QED) is 0.899. The van der Waals surface area contributed by atoms with Crippen molar-refractivity contribution in [3.63, 3.8) is 0 Å². The van der Waals surface area contributed by atoms with E-state index in [1.807, 2.05) is 0 Å². The van der Waals surface area contributed by atoms with Crippen LogP contribution < -0.4 is 5.32 Å². The fraction of sp³-hybridized carbons (Fsp3) is 0.688. The van der Waals surface area contributed by atoms with Crippen molar-refractivity contribution in [3.8, 4) is 0 Å². The Morgan fingerprint density at radius 1 is 1.29 bits per heavy atom. The highest BCUT2D eigenvalue weighted by Crippen LogP contribution is 2.18. The molecule has 0 aliphatic carbocycles. The van der Waals surface area contributed by atoms with Crippen LogP contribution in [0.5, 0.6) is 0 Å². The van der Waals surface area contributed by atoms with E-state index in [0.717, 1.165) is 38.3 Å². The van der Waals surface area contributed by atoms with Crippen molar-refractivity contribution < 1.29 is 4.39 Å². The van der Waals surface area contributed by atoms with Crippen molar-refractivity contribution in [1.29, 1.82) is 0 Å². The lowest BCUT2D eigenvalue weighted by Crippen LogP contribution is -2.57. The van der Waals surface area contributed by atoms with Crippen LogP contribution in [-0.4, -0.2) is 60.1 Å². The van der Waals surface area contributed by atoms with E-state index in [1.165, 1.54) is 6.20 Å². The SMILES string of the molecule is CC(NCC(C)(C)N1CCN(C)CC1)c1cncc(F)c1. The smallest absolute Gasteiger partial charge is 0.141 e. The highest BCUT2D eigenvalue weighted by Gasteiger charge is 2.29. The Kier molecular flexibility index (Phi) is 5.30. The first kappa shape index (κ1) is 16.3. The maximum atomic E-state index is 13.2. The molecule has 1 unspecified atom stereocenters. The van der Waals surface area contributed by atoms with Gasteiger partial charge >= 0.3 is 0 Å². The number of rotatable bonds is 5. The monoisotopic (exact) mass is 294 g/mol. The third-order valence-electron chi connectivity index (χ3n) is 4.43. The highest BCUT2D eigenvalue weighted by atomic mass is 19.1. The number of nitrogens with one attached hydrogen (secondary N) is 1. The van der Waals surface area contributed by atoms with Crippen molar-refractivity contribution in [2.24, 2.45) is 0 Å². The van der Waals surface area contributed by atoms with Gasteiger partial charge in [-0.25, -0.2) is 4.39 Å². The zero-order chi connectivity index (χ0) is 15.5. The van der Waals surface area contributed by atoms with Crippen molar-refractivity contribution in [1.82, 2.24) is 20.1 Å². The van der Waals surface area contributed by atoms with E-state index < -0.39 is 0 Å². The second-order valence-corrected chi connectivity index (χ2v) is 6.64. The molecule has 21 heavy (non-hydrogen) atoms. The number of nitrogens with zero attached hydrogens (tertiary/aromatic N) is 3. The molecule has 1 N–H and O–H groups in total. The lowest BCUT2D eigenvalue weighted by Gasteiger charge is -2.43. The normalized spacial score (nSPS) is 19.7. The third kappa shape index (κ3) is 4.46. The van der Waals surface area contributed by atoms with Gasteiger partial charge in [-0.1, -0.05) is 0 Å². The summed E-state index contributed by atoms with van der Waals surface area (Å²) in [5.74, 6) is -0.278. The van der Waals surface area contributed by atoms with Gasteiger partial charge in [0.25, 0.3) is 0 Å². The fourth-order valence-corrected chi connectivity index (χ4v) is 2.71. The number of aromatic nitrogens is 1. The van der Waals surface area contributed by atoms with Gasteiger partial charge in [0.2, 0.25) is 0 Å². The molecule has 1 fully saturated rings. The van der Waals surface area contributed by atoms with E-state index in [4.69, 9.17) is 0 Å². The van der Waals surface area contributed by atoms with E-state index in [-0.39, 0.29) is 17.4 Å². The number of halogens is 1. The molecule has 0 aromatic carbocycles. The minimum atomic E-state index is -0.278. The number of hydrogen-bond acceptors (Lipinski definition) is 4. The number of likely N-dealkylation sites (N-methyl/N-ethyl adjacent to an activating group) is 1. The fourth-order valence-electron chi connectivity index (χ4n) is 2.71. The van der Waals surface area contributed by atoms with E-state index in [0.29, 0.717) is 0 Å². The molecule has 1 saturated heterocycles. The largest absolute Gasteiger partial charge is 0.308 e. The van der Waals surface area contributed by atoms with Gasteiger partial charge in [0.05, 0.1) is 6.20 Å². The molecule has 1 aliphatic rings. The molecule has 1 aromatic rings. The van der Waals surface area contributed by atoms with Crippen molar-refractivity contribution in [2.75, 3.05) is 39.8 Å². The molecule has 4 nitrogen and oxygen atoms in total. The van der Waals surface area contributed by atoms with Crippen LogP contribution in [0.2, 0.25) is 0 Å². The highest BCUT2D eigenvalue weighted by molar-refractivity contribution is 5.14. The molecule has 0 spiro atoms. The van der Waals surface area contributed by atoms with Crippen LogP contribution in [0.25, 0.3) is 0 Å². The van der Waals surface area contributed by atoms with Crippen LogP contribution in [0.15, 0.2) is 18.5 Å². The zero-order valence-corrected chi connectivity index (χ0v) is 13.6. The van der Waals surface area contributed by atoms with E-state index in [9.17, 15) is 4.39 Å². The first-order chi connectivity index (χ1) is 9.88. The number of hydrogen-bond donors (Lipinski definition) is 1. The molecule has 1 aliphatic heterocycles. The lowest BCUT2D eigenvalue weighted by atomic mass is 10.0. The summed E-state index contributed by atoms with van der Waals surface area (Å²) in [4.78, 5) is 8.80. The molecule has 0 saturated carbocycles. The van der Waals surface area contributed by atoms with Gasteiger partial charge in [-0.15, -0.1) is 0 Å². The number of piperazine rings is 1. The van der Waals surface area contributed by atoms with Gasteiger partial charge in [0.1, 0.15) is 5.82 Å². The second-order valence-electron chi connectivity index (χ2n) is 6.64. The van der Waals surface area contributed by atoms with Crippen LogP contribution in [0.1, 0.15) is 32.4 Å². The second kappa shape index (κ2) is 6.81. The minimum Gasteiger partial charge on any atom is -0.308 e. The first-order valence-corrected chi connectivity index (χ1v) is 7.66. The van der Waals surface area contributed by atoms with E-state index in [2.05, 4.69) is 47.9 Å². The lowest BCUT2D eigenvalue weighted by molar-refractivity contribution is 0.0604. The van der Waals surface area contributed by atoms with Crippen LogP contribution in [0.4, 0.5) is 4.39 Å². The Morgan fingerprint density at radius 3 is 2.57 bits per heavy atom. The van der Waals surface area contributed by atoms with Crippen LogP contribution in [0.3, 0.4) is 0 Å². The summed E-state index contributed by atoms with van der Waals surface area (Å²) < 4.78 is 13.2. The molecular weight excluding hydrogens is 267 g/mol. The van der Waals surface area contributed by atoms with Crippen LogP contribution >= 0.6 is 0 Å². The van der Waals surface area contributed by atoms with Crippen molar-refractivity contribution in [3.05, 3.63) is 29.8 Å². The van der Waals surface area contributed by atoms with Gasteiger partial charge in [-0.2, -0.15) is 0 Å².